The molecule has 0 radical (unpaired) electrons. The summed E-state index contributed by atoms with van der Waals surface area (Å²) >= 11 is 0. The normalized spacial score (nSPS) is 22.8. The average molecular weight is 245 g/mol. The average Bonchev–Trinajstić information content (AvgIpc) is 2.34. The van der Waals surface area contributed by atoms with Gasteiger partial charge in [0.2, 0.25) is 0 Å². The van der Waals surface area contributed by atoms with Gasteiger partial charge in [-0.25, -0.2) is 0 Å². The Morgan fingerprint density at radius 1 is 1.17 bits per heavy atom. The van der Waals surface area contributed by atoms with Crippen LogP contribution in [0.3, 0.4) is 0 Å². The Bertz CT molecular complexity index is 358. The first-order valence-electron chi connectivity index (χ1n) is 7.64. The topological polar surface area (TPSA) is 12.0 Å². The molecular weight excluding hydrogens is 218 g/mol. The maximum absolute atomic E-state index is 3.58. The summed E-state index contributed by atoms with van der Waals surface area (Å²) in [6.07, 6.45) is 6.49. The Morgan fingerprint density at radius 3 is 2.72 bits per heavy atom. The third-order valence-corrected chi connectivity index (χ3v) is 4.17. The smallest absolute Gasteiger partial charge is 0.00147 e. The Balaban J connectivity index is 1.92. The van der Waals surface area contributed by atoms with Crippen molar-refractivity contribution in [2.45, 2.75) is 51.9 Å². The van der Waals surface area contributed by atoms with Crippen LogP contribution in [0, 0.1) is 5.92 Å². The minimum absolute atomic E-state index is 0.811. The molecule has 1 saturated carbocycles. The van der Waals surface area contributed by atoms with Crippen molar-refractivity contribution in [2.24, 2.45) is 5.92 Å². The van der Waals surface area contributed by atoms with Gasteiger partial charge in [-0.15, -0.1) is 0 Å². The summed E-state index contributed by atoms with van der Waals surface area (Å²) in [4.78, 5) is 0. The lowest BCUT2D eigenvalue weighted by Crippen LogP contribution is -2.34. The van der Waals surface area contributed by atoms with Gasteiger partial charge in [-0.05, 0) is 61.7 Å². The van der Waals surface area contributed by atoms with Crippen LogP contribution < -0.4 is 5.32 Å². The molecule has 1 fully saturated rings. The fourth-order valence-corrected chi connectivity index (χ4v) is 2.98. The third kappa shape index (κ3) is 3.35. The second-order valence-electron chi connectivity index (χ2n) is 5.64. The molecule has 0 heterocycles. The van der Waals surface area contributed by atoms with Gasteiger partial charge in [0.1, 0.15) is 0 Å². The predicted octanol–water partition coefficient (Wildman–Crippen LogP) is 4.13. The fourth-order valence-electron chi connectivity index (χ4n) is 2.98. The van der Waals surface area contributed by atoms with Crippen LogP contribution in [-0.2, 0) is 6.42 Å². The van der Waals surface area contributed by atoms with Crippen molar-refractivity contribution < 1.29 is 0 Å². The predicted molar refractivity (Wildman–Crippen MR) is 79.1 cm³/mol. The van der Waals surface area contributed by atoms with Crippen LogP contribution in [0.2, 0.25) is 0 Å². The zero-order valence-electron chi connectivity index (χ0n) is 11.9. The van der Waals surface area contributed by atoms with Crippen LogP contribution in [0.1, 0.15) is 56.6 Å². The Labute approximate surface area is 112 Å². The molecule has 0 amide bonds. The van der Waals surface area contributed by atoms with Gasteiger partial charge < -0.3 is 5.32 Å². The number of aryl methyl sites for hydroxylation is 1. The van der Waals surface area contributed by atoms with Crippen molar-refractivity contribution in [1.29, 1.82) is 0 Å². The second-order valence-corrected chi connectivity index (χ2v) is 5.64. The number of hydrogen-bond acceptors (Lipinski definition) is 1. The summed E-state index contributed by atoms with van der Waals surface area (Å²) in [7, 11) is 0. The molecule has 0 aromatic heterocycles. The SMILES string of the molecule is CCCNCC1CCC1c1cccc(CCC)c1. The van der Waals surface area contributed by atoms with Crippen molar-refractivity contribution >= 4 is 0 Å². The van der Waals surface area contributed by atoms with E-state index in [0.717, 1.165) is 11.8 Å². The van der Waals surface area contributed by atoms with E-state index < -0.39 is 0 Å². The van der Waals surface area contributed by atoms with Crippen LogP contribution >= 0.6 is 0 Å². The van der Waals surface area contributed by atoms with E-state index >= 15 is 0 Å². The molecule has 0 bridgehead atoms. The Hall–Kier alpha value is -0.820. The van der Waals surface area contributed by atoms with Gasteiger partial charge in [0.25, 0.3) is 0 Å². The minimum atomic E-state index is 0.811. The maximum Gasteiger partial charge on any atom is -0.00147 e. The van der Waals surface area contributed by atoms with E-state index in [4.69, 9.17) is 0 Å². The zero-order valence-corrected chi connectivity index (χ0v) is 11.9. The van der Waals surface area contributed by atoms with Gasteiger partial charge in [0.05, 0.1) is 0 Å². The van der Waals surface area contributed by atoms with Gasteiger partial charge in [0.15, 0.2) is 0 Å². The summed E-state index contributed by atoms with van der Waals surface area (Å²) in [5.41, 5.74) is 3.10. The molecule has 18 heavy (non-hydrogen) atoms. The van der Waals surface area contributed by atoms with E-state index in [0.29, 0.717) is 0 Å². The van der Waals surface area contributed by atoms with Crippen molar-refractivity contribution in [3.8, 4) is 0 Å². The molecule has 100 valence electrons. The number of nitrogens with one attached hydrogen (secondary N) is 1. The summed E-state index contributed by atoms with van der Waals surface area (Å²) in [6, 6.07) is 9.29. The van der Waals surface area contributed by atoms with E-state index in [2.05, 4.69) is 43.4 Å². The molecule has 1 aromatic rings. The van der Waals surface area contributed by atoms with Crippen molar-refractivity contribution in [3.05, 3.63) is 35.4 Å². The lowest BCUT2D eigenvalue weighted by atomic mass is 9.69. The monoisotopic (exact) mass is 245 g/mol. The first-order valence-corrected chi connectivity index (χ1v) is 7.64. The molecule has 0 saturated heterocycles. The highest BCUT2D eigenvalue weighted by atomic mass is 14.9. The lowest BCUT2D eigenvalue weighted by Gasteiger charge is -2.37. The molecule has 1 aliphatic rings. The molecule has 2 rings (SSSR count). The molecule has 1 nitrogen and oxygen atoms in total. The van der Waals surface area contributed by atoms with Crippen molar-refractivity contribution in [3.63, 3.8) is 0 Å². The van der Waals surface area contributed by atoms with Crippen molar-refractivity contribution in [1.82, 2.24) is 5.32 Å². The van der Waals surface area contributed by atoms with Crippen molar-refractivity contribution in [2.75, 3.05) is 13.1 Å². The zero-order chi connectivity index (χ0) is 12.8. The van der Waals surface area contributed by atoms with E-state index in [1.54, 1.807) is 5.56 Å². The summed E-state index contributed by atoms with van der Waals surface area (Å²) < 4.78 is 0. The molecule has 2 atom stereocenters. The van der Waals surface area contributed by atoms with Crippen LogP contribution in [-0.4, -0.2) is 13.1 Å². The van der Waals surface area contributed by atoms with Gasteiger partial charge in [-0.1, -0.05) is 44.5 Å². The van der Waals surface area contributed by atoms with Gasteiger partial charge >= 0.3 is 0 Å². The highest BCUT2D eigenvalue weighted by Crippen LogP contribution is 2.42. The van der Waals surface area contributed by atoms with Crippen LogP contribution in [0.5, 0.6) is 0 Å². The largest absolute Gasteiger partial charge is 0.316 e. The van der Waals surface area contributed by atoms with E-state index in [1.165, 1.54) is 50.8 Å². The molecule has 0 aliphatic heterocycles. The maximum atomic E-state index is 3.58. The molecular formula is C17H27N. The quantitative estimate of drug-likeness (QED) is 0.712. The highest BCUT2D eigenvalue weighted by molar-refractivity contribution is 5.28. The van der Waals surface area contributed by atoms with Crippen LogP contribution in [0.25, 0.3) is 0 Å². The fraction of sp³-hybridized carbons (Fsp3) is 0.647. The van der Waals surface area contributed by atoms with E-state index in [9.17, 15) is 0 Å². The standard InChI is InChI=1S/C17H27N/c1-3-6-14-7-5-8-15(12-14)17-10-9-16(17)13-18-11-4-2/h5,7-8,12,16-18H,3-4,6,9-11,13H2,1-2H3. The summed E-state index contributed by atoms with van der Waals surface area (Å²) in [5, 5.41) is 3.58. The number of rotatable bonds is 7. The van der Waals surface area contributed by atoms with Crippen LogP contribution in [0.15, 0.2) is 24.3 Å². The molecule has 1 aromatic carbocycles. The van der Waals surface area contributed by atoms with Crippen LogP contribution in [0.4, 0.5) is 0 Å². The Kier molecular flexibility index (Phi) is 5.25. The minimum Gasteiger partial charge on any atom is -0.316 e. The van der Waals surface area contributed by atoms with E-state index in [-0.39, 0.29) is 0 Å². The number of benzene rings is 1. The molecule has 1 aliphatic carbocycles. The van der Waals surface area contributed by atoms with Gasteiger partial charge in [-0.2, -0.15) is 0 Å². The molecule has 1 heteroatoms. The second kappa shape index (κ2) is 6.94. The highest BCUT2D eigenvalue weighted by Gasteiger charge is 2.31. The molecule has 0 spiro atoms. The summed E-state index contributed by atoms with van der Waals surface area (Å²) in [5.74, 6) is 1.68. The third-order valence-electron chi connectivity index (χ3n) is 4.17. The Morgan fingerprint density at radius 2 is 2.06 bits per heavy atom. The lowest BCUT2D eigenvalue weighted by molar-refractivity contribution is 0.246. The first-order chi connectivity index (χ1) is 8.85. The molecule has 2 unspecified atom stereocenters. The van der Waals surface area contributed by atoms with Gasteiger partial charge in [-0.3, -0.25) is 0 Å². The summed E-state index contributed by atoms with van der Waals surface area (Å²) in [6.45, 7) is 6.86. The molecule has 1 N–H and O–H groups in total. The van der Waals surface area contributed by atoms with E-state index in [1.807, 2.05) is 0 Å². The van der Waals surface area contributed by atoms with Gasteiger partial charge in [0, 0.05) is 0 Å². The first kappa shape index (κ1) is 13.6. The number of hydrogen-bond donors (Lipinski definition) is 1.